The molecule has 4 N–H and O–H groups in total. The minimum Gasteiger partial charge on any atom is -0.388 e. The number of aliphatic hydroxyl groups excluding tert-OH is 4. The molecule has 1 heterocycles. The van der Waals surface area contributed by atoms with Crippen LogP contribution in [0.1, 0.15) is 0 Å². The third-order valence-electron chi connectivity index (χ3n) is 2.03. The molecule has 9 heteroatoms. The van der Waals surface area contributed by atoms with Gasteiger partial charge in [-0.1, -0.05) is 0 Å². The van der Waals surface area contributed by atoms with Crippen LogP contribution in [0.2, 0.25) is 0 Å². The zero-order chi connectivity index (χ0) is 11.6. The lowest BCUT2D eigenvalue weighted by atomic mass is 9.99. The highest BCUT2D eigenvalue weighted by Crippen LogP contribution is 2.19. The standard InChI is InChI=1S/C6H11NO8/c8-3-2(1-14-7(12)13)15-6(11)5(10)4(3)9/h2-6,8-11H,1H2/t2-,3-,4+,5-,6?/m1/s1. The Morgan fingerprint density at radius 3 is 2.33 bits per heavy atom. The molecule has 0 aliphatic carbocycles. The van der Waals surface area contributed by atoms with Crippen molar-refractivity contribution in [1.29, 1.82) is 0 Å². The summed E-state index contributed by atoms with van der Waals surface area (Å²) < 4.78 is 4.60. The molecule has 0 saturated carbocycles. The monoisotopic (exact) mass is 225 g/mol. The van der Waals surface area contributed by atoms with Gasteiger partial charge >= 0.3 is 0 Å². The number of nitrogens with zero attached hydrogens (tertiary/aromatic N) is 1. The Balaban J connectivity index is 2.54. The number of hydrogen-bond donors (Lipinski definition) is 4. The number of hydrogen-bond acceptors (Lipinski definition) is 8. The van der Waals surface area contributed by atoms with Gasteiger partial charge in [0.05, 0.1) is 0 Å². The van der Waals surface area contributed by atoms with Crippen LogP contribution in [0.5, 0.6) is 0 Å². The molecule has 1 aliphatic rings. The summed E-state index contributed by atoms with van der Waals surface area (Å²) in [7, 11) is 0. The van der Waals surface area contributed by atoms with Gasteiger partial charge < -0.3 is 30.0 Å². The van der Waals surface area contributed by atoms with Gasteiger partial charge in [0, 0.05) is 0 Å². The Hall–Kier alpha value is -1.00. The third-order valence-corrected chi connectivity index (χ3v) is 2.03. The fourth-order valence-corrected chi connectivity index (χ4v) is 1.20. The first-order valence-corrected chi connectivity index (χ1v) is 4.08. The van der Waals surface area contributed by atoms with Crippen molar-refractivity contribution in [2.45, 2.75) is 30.7 Å². The quantitative estimate of drug-likeness (QED) is 0.294. The smallest absolute Gasteiger partial charge is 0.294 e. The van der Waals surface area contributed by atoms with Crippen LogP contribution >= 0.6 is 0 Å². The highest BCUT2D eigenvalue weighted by molar-refractivity contribution is 4.88. The van der Waals surface area contributed by atoms with Gasteiger partial charge in [0.2, 0.25) is 0 Å². The predicted molar refractivity (Wildman–Crippen MR) is 41.8 cm³/mol. The largest absolute Gasteiger partial charge is 0.388 e. The average Bonchev–Trinajstić information content (AvgIpc) is 2.18. The summed E-state index contributed by atoms with van der Waals surface area (Å²) in [5.74, 6) is 0. The van der Waals surface area contributed by atoms with Crippen LogP contribution in [0, 0.1) is 10.1 Å². The molecule has 1 saturated heterocycles. The van der Waals surface area contributed by atoms with Crippen LogP contribution < -0.4 is 0 Å². The van der Waals surface area contributed by atoms with Gasteiger partial charge in [0.25, 0.3) is 5.09 Å². The maximum absolute atomic E-state index is 9.85. The number of aliphatic hydroxyl groups is 4. The van der Waals surface area contributed by atoms with E-state index in [-0.39, 0.29) is 0 Å². The molecule has 88 valence electrons. The van der Waals surface area contributed by atoms with Gasteiger partial charge in [-0.3, -0.25) is 0 Å². The molecule has 0 aromatic heterocycles. The van der Waals surface area contributed by atoms with E-state index in [1.54, 1.807) is 0 Å². The molecule has 5 atom stereocenters. The van der Waals surface area contributed by atoms with E-state index < -0.39 is 42.4 Å². The van der Waals surface area contributed by atoms with E-state index >= 15 is 0 Å². The summed E-state index contributed by atoms with van der Waals surface area (Å²) in [6, 6.07) is 0. The van der Waals surface area contributed by atoms with Crippen molar-refractivity contribution in [2.75, 3.05) is 6.61 Å². The molecule has 15 heavy (non-hydrogen) atoms. The van der Waals surface area contributed by atoms with Crippen LogP contribution in [-0.4, -0.2) is 62.8 Å². The number of rotatable bonds is 3. The van der Waals surface area contributed by atoms with Crippen molar-refractivity contribution in [3.05, 3.63) is 10.1 Å². The molecular formula is C6H11NO8. The summed E-state index contributed by atoms with van der Waals surface area (Å²) in [6.45, 7) is -0.644. The fraction of sp³-hybridized carbons (Fsp3) is 1.00. The lowest BCUT2D eigenvalue weighted by Gasteiger charge is -2.37. The molecule has 1 fully saturated rings. The molecule has 0 aromatic rings. The molecule has 1 rings (SSSR count). The second kappa shape index (κ2) is 4.68. The van der Waals surface area contributed by atoms with Crippen LogP contribution in [0.15, 0.2) is 0 Å². The summed E-state index contributed by atoms with van der Waals surface area (Å²) in [5.41, 5.74) is 0. The van der Waals surface area contributed by atoms with Crippen LogP contribution in [0.3, 0.4) is 0 Å². The van der Waals surface area contributed by atoms with Crippen molar-refractivity contribution in [1.82, 2.24) is 0 Å². The summed E-state index contributed by atoms with van der Waals surface area (Å²) >= 11 is 0. The fourth-order valence-electron chi connectivity index (χ4n) is 1.20. The minimum atomic E-state index is -1.72. The second-order valence-corrected chi connectivity index (χ2v) is 3.06. The van der Waals surface area contributed by atoms with Crippen molar-refractivity contribution < 1.29 is 35.1 Å². The zero-order valence-corrected chi connectivity index (χ0v) is 7.46. The van der Waals surface area contributed by atoms with Gasteiger partial charge in [-0.15, -0.1) is 10.1 Å². The van der Waals surface area contributed by atoms with Gasteiger partial charge in [-0.25, -0.2) is 0 Å². The molecule has 0 aromatic carbocycles. The lowest BCUT2D eigenvalue weighted by molar-refractivity contribution is -0.760. The molecule has 0 spiro atoms. The summed E-state index contributed by atoms with van der Waals surface area (Å²) in [6.07, 6.45) is -7.86. The van der Waals surface area contributed by atoms with E-state index in [0.717, 1.165) is 0 Å². The first kappa shape index (κ1) is 12.1. The van der Waals surface area contributed by atoms with Gasteiger partial charge in [-0.2, -0.15) is 0 Å². The maximum atomic E-state index is 9.85. The topological polar surface area (TPSA) is 143 Å². The highest BCUT2D eigenvalue weighted by atomic mass is 17.0. The highest BCUT2D eigenvalue weighted by Gasteiger charge is 2.43. The van der Waals surface area contributed by atoms with Gasteiger partial charge in [-0.05, 0) is 0 Å². The van der Waals surface area contributed by atoms with E-state index in [0.29, 0.717) is 0 Å². The maximum Gasteiger partial charge on any atom is 0.294 e. The van der Waals surface area contributed by atoms with Crippen LogP contribution in [0.25, 0.3) is 0 Å². The van der Waals surface area contributed by atoms with E-state index in [2.05, 4.69) is 9.57 Å². The van der Waals surface area contributed by atoms with Gasteiger partial charge in [0.1, 0.15) is 31.0 Å². The molecule has 1 aliphatic heterocycles. The molecule has 0 bridgehead atoms. The van der Waals surface area contributed by atoms with E-state index in [9.17, 15) is 20.3 Å². The van der Waals surface area contributed by atoms with Crippen LogP contribution in [0.4, 0.5) is 0 Å². The Morgan fingerprint density at radius 1 is 1.20 bits per heavy atom. The normalized spacial score (nSPS) is 41.2. The Kier molecular flexibility index (Phi) is 3.77. The Morgan fingerprint density at radius 2 is 1.80 bits per heavy atom. The summed E-state index contributed by atoms with van der Waals surface area (Å²) in [4.78, 5) is 13.8. The third kappa shape index (κ3) is 2.73. The van der Waals surface area contributed by atoms with Crippen molar-refractivity contribution in [3.63, 3.8) is 0 Å². The number of ether oxygens (including phenoxy) is 1. The van der Waals surface area contributed by atoms with Gasteiger partial charge in [0.15, 0.2) is 6.29 Å². The Labute approximate surface area is 83.6 Å². The summed E-state index contributed by atoms with van der Waals surface area (Å²) in [5, 5.41) is 45.3. The van der Waals surface area contributed by atoms with E-state index in [1.807, 2.05) is 0 Å². The van der Waals surface area contributed by atoms with Crippen molar-refractivity contribution in [2.24, 2.45) is 0 Å². The molecular weight excluding hydrogens is 214 g/mol. The second-order valence-electron chi connectivity index (χ2n) is 3.06. The van der Waals surface area contributed by atoms with Crippen molar-refractivity contribution >= 4 is 0 Å². The first-order chi connectivity index (χ1) is 6.93. The van der Waals surface area contributed by atoms with Crippen molar-refractivity contribution in [3.8, 4) is 0 Å². The first-order valence-electron chi connectivity index (χ1n) is 4.08. The molecule has 1 unspecified atom stereocenters. The SMILES string of the molecule is O=[N+]([O-])OC[C@H]1OC(O)[C@H](O)[C@@H](O)[C@@H]1O. The lowest BCUT2D eigenvalue weighted by Crippen LogP contribution is -2.58. The van der Waals surface area contributed by atoms with E-state index in [1.165, 1.54) is 0 Å². The predicted octanol–water partition coefficient (Wildman–Crippen LogP) is -3.01. The Bertz CT molecular complexity index is 235. The molecule has 0 amide bonds. The zero-order valence-electron chi connectivity index (χ0n) is 7.46. The molecule has 9 nitrogen and oxygen atoms in total. The van der Waals surface area contributed by atoms with E-state index in [4.69, 9.17) is 10.2 Å². The minimum absolute atomic E-state index is 0.644. The average molecular weight is 225 g/mol. The molecule has 0 radical (unpaired) electrons. The van der Waals surface area contributed by atoms with Crippen LogP contribution in [-0.2, 0) is 9.57 Å².